The standard InChI is InChI=1S/C27H25F5N6O/c1-15-12-16(6-9-18(15)26(39)35-17-7-8-17)22-14-34-25-21(33-11-3-10-27(30,31)32)13-23(37-38(22)25)36-20-5-2-4-19(28)24(20)29/h2,4-6,9,12-14,17,33H,3,7-8,10-11H2,1H3,(H,35,39)(H,36,37). The molecule has 1 saturated carbocycles. The summed E-state index contributed by atoms with van der Waals surface area (Å²) in [7, 11) is 0. The Bertz CT molecular complexity index is 1530. The van der Waals surface area contributed by atoms with Gasteiger partial charge in [0, 0.05) is 36.2 Å². The molecule has 0 unspecified atom stereocenters. The van der Waals surface area contributed by atoms with Gasteiger partial charge >= 0.3 is 6.18 Å². The molecule has 1 aliphatic carbocycles. The quantitative estimate of drug-likeness (QED) is 0.168. The number of carbonyl (C=O) groups is 1. The summed E-state index contributed by atoms with van der Waals surface area (Å²) in [5.74, 6) is -2.18. The van der Waals surface area contributed by atoms with Gasteiger partial charge in [-0.3, -0.25) is 4.79 Å². The van der Waals surface area contributed by atoms with Gasteiger partial charge in [0.25, 0.3) is 5.91 Å². The van der Waals surface area contributed by atoms with Crippen molar-refractivity contribution in [3.63, 3.8) is 0 Å². The van der Waals surface area contributed by atoms with Crippen LogP contribution in [0.15, 0.2) is 48.7 Å². The summed E-state index contributed by atoms with van der Waals surface area (Å²) in [6.07, 6.45) is -1.92. The first-order chi connectivity index (χ1) is 18.6. The predicted molar refractivity (Wildman–Crippen MR) is 137 cm³/mol. The maximum Gasteiger partial charge on any atom is 0.389 e. The van der Waals surface area contributed by atoms with Crippen molar-refractivity contribution in [2.24, 2.45) is 0 Å². The first-order valence-electron chi connectivity index (χ1n) is 12.4. The zero-order valence-corrected chi connectivity index (χ0v) is 20.9. The minimum Gasteiger partial charge on any atom is -0.382 e. The second-order valence-corrected chi connectivity index (χ2v) is 9.47. The monoisotopic (exact) mass is 544 g/mol. The number of hydrogen-bond acceptors (Lipinski definition) is 5. The molecule has 0 atom stereocenters. The molecule has 12 heteroatoms. The van der Waals surface area contributed by atoms with Crippen molar-refractivity contribution in [2.75, 3.05) is 17.2 Å². The van der Waals surface area contributed by atoms with E-state index in [0.717, 1.165) is 24.5 Å². The van der Waals surface area contributed by atoms with Crippen molar-refractivity contribution in [3.8, 4) is 11.3 Å². The lowest BCUT2D eigenvalue weighted by Crippen LogP contribution is -2.26. The van der Waals surface area contributed by atoms with Gasteiger partial charge in [0.2, 0.25) is 0 Å². The van der Waals surface area contributed by atoms with Crippen molar-refractivity contribution in [3.05, 3.63) is 71.4 Å². The molecule has 0 saturated heterocycles. The lowest BCUT2D eigenvalue weighted by atomic mass is 10.0. The maximum atomic E-state index is 14.3. The van der Waals surface area contributed by atoms with Crippen LogP contribution in [0.1, 0.15) is 41.6 Å². The highest BCUT2D eigenvalue weighted by Gasteiger charge is 2.26. The van der Waals surface area contributed by atoms with E-state index in [1.165, 1.54) is 22.7 Å². The van der Waals surface area contributed by atoms with E-state index in [0.29, 0.717) is 28.2 Å². The highest BCUT2D eigenvalue weighted by molar-refractivity contribution is 5.96. The van der Waals surface area contributed by atoms with Crippen molar-refractivity contribution < 1.29 is 26.7 Å². The molecule has 1 fully saturated rings. The molecular weight excluding hydrogens is 519 g/mol. The molecule has 0 spiro atoms. The zero-order chi connectivity index (χ0) is 27.7. The zero-order valence-electron chi connectivity index (χ0n) is 20.9. The fourth-order valence-corrected chi connectivity index (χ4v) is 4.18. The number of halogens is 5. The Morgan fingerprint density at radius 1 is 1.10 bits per heavy atom. The number of amides is 1. The molecule has 5 rings (SSSR count). The molecule has 2 heterocycles. The van der Waals surface area contributed by atoms with Crippen LogP contribution in [0.25, 0.3) is 16.9 Å². The summed E-state index contributed by atoms with van der Waals surface area (Å²) in [5, 5.41) is 13.2. The third kappa shape index (κ3) is 6.10. The Kier molecular flexibility index (Phi) is 7.11. The van der Waals surface area contributed by atoms with Gasteiger partial charge in [-0.25, -0.2) is 18.3 Å². The van der Waals surface area contributed by atoms with Crippen molar-refractivity contribution >= 4 is 28.7 Å². The van der Waals surface area contributed by atoms with Crippen LogP contribution < -0.4 is 16.0 Å². The van der Waals surface area contributed by atoms with Crippen molar-refractivity contribution in [1.29, 1.82) is 0 Å². The van der Waals surface area contributed by atoms with Crippen molar-refractivity contribution in [1.82, 2.24) is 19.9 Å². The number of carbonyl (C=O) groups excluding carboxylic acids is 1. The molecule has 0 bridgehead atoms. The third-order valence-corrected chi connectivity index (χ3v) is 6.31. The molecule has 2 aromatic heterocycles. The normalized spacial score (nSPS) is 13.5. The lowest BCUT2D eigenvalue weighted by molar-refractivity contribution is -0.134. The Hall–Kier alpha value is -4.22. The number of fused-ring (bicyclic) bond motifs is 1. The van der Waals surface area contributed by atoms with E-state index in [9.17, 15) is 26.7 Å². The smallest absolute Gasteiger partial charge is 0.382 e. The lowest BCUT2D eigenvalue weighted by Gasteiger charge is -2.14. The molecule has 4 aromatic rings. The second-order valence-electron chi connectivity index (χ2n) is 9.47. The largest absolute Gasteiger partial charge is 0.389 e. The van der Waals surface area contributed by atoms with E-state index in [4.69, 9.17) is 0 Å². The highest BCUT2D eigenvalue weighted by Crippen LogP contribution is 2.30. The number of hydrogen-bond donors (Lipinski definition) is 3. The minimum absolute atomic E-state index is 0.000939. The molecule has 7 nitrogen and oxygen atoms in total. The van der Waals surface area contributed by atoms with E-state index in [-0.39, 0.29) is 36.4 Å². The number of nitrogens with one attached hydrogen (secondary N) is 3. The van der Waals surface area contributed by atoms with Gasteiger partial charge in [-0.15, -0.1) is 5.10 Å². The molecule has 39 heavy (non-hydrogen) atoms. The van der Waals surface area contributed by atoms with Gasteiger partial charge in [0.15, 0.2) is 23.1 Å². The van der Waals surface area contributed by atoms with E-state index in [1.807, 2.05) is 13.0 Å². The van der Waals surface area contributed by atoms with Gasteiger partial charge in [0.05, 0.1) is 23.3 Å². The van der Waals surface area contributed by atoms with Crippen LogP contribution in [-0.2, 0) is 0 Å². The van der Waals surface area contributed by atoms with Crippen LogP contribution in [0.4, 0.5) is 39.1 Å². The van der Waals surface area contributed by atoms with Gasteiger partial charge in [0.1, 0.15) is 0 Å². The van der Waals surface area contributed by atoms with Crippen LogP contribution >= 0.6 is 0 Å². The van der Waals surface area contributed by atoms with E-state index in [1.54, 1.807) is 18.3 Å². The highest BCUT2D eigenvalue weighted by atomic mass is 19.4. The SMILES string of the molecule is Cc1cc(-c2cnc3c(NCCCC(F)(F)F)cc(Nc4cccc(F)c4F)nn23)ccc1C(=O)NC1CC1. The fraction of sp³-hybridized carbons (Fsp3) is 0.296. The summed E-state index contributed by atoms with van der Waals surface area (Å²) < 4.78 is 67.4. The number of nitrogens with zero attached hydrogens (tertiary/aromatic N) is 3. The van der Waals surface area contributed by atoms with Gasteiger partial charge in [-0.2, -0.15) is 13.2 Å². The number of imidazole rings is 1. The molecule has 1 amide bonds. The summed E-state index contributed by atoms with van der Waals surface area (Å²) in [6, 6.07) is 10.6. The van der Waals surface area contributed by atoms with Crippen LogP contribution in [0.2, 0.25) is 0 Å². The molecular formula is C27H25F5N6O. The first kappa shape index (κ1) is 26.4. The number of aryl methyl sites for hydroxylation is 1. The summed E-state index contributed by atoms with van der Waals surface area (Å²) in [5.41, 5.74) is 3.03. The number of rotatable bonds is 9. The third-order valence-electron chi connectivity index (χ3n) is 6.31. The number of alkyl halides is 3. The van der Waals surface area contributed by atoms with Gasteiger partial charge in [-0.1, -0.05) is 12.1 Å². The second kappa shape index (κ2) is 10.5. The topological polar surface area (TPSA) is 83.3 Å². The predicted octanol–water partition coefficient (Wildman–Crippen LogP) is 6.37. The van der Waals surface area contributed by atoms with E-state index < -0.39 is 24.2 Å². The summed E-state index contributed by atoms with van der Waals surface area (Å²) in [4.78, 5) is 17.0. The van der Waals surface area contributed by atoms with Gasteiger partial charge < -0.3 is 16.0 Å². The number of benzene rings is 2. The van der Waals surface area contributed by atoms with Crippen LogP contribution in [0.5, 0.6) is 0 Å². The van der Waals surface area contributed by atoms with Crippen LogP contribution in [-0.4, -0.2) is 39.3 Å². The van der Waals surface area contributed by atoms with E-state index in [2.05, 4.69) is 26.0 Å². The average molecular weight is 545 g/mol. The van der Waals surface area contributed by atoms with Crippen molar-refractivity contribution in [2.45, 2.75) is 44.8 Å². The summed E-state index contributed by atoms with van der Waals surface area (Å²) in [6.45, 7) is 1.81. The molecule has 1 aliphatic rings. The van der Waals surface area contributed by atoms with E-state index >= 15 is 0 Å². The Balaban J connectivity index is 1.50. The Morgan fingerprint density at radius 3 is 2.62 bits per heavy atom. The Morgan fingerprint density at radius 2 is 1.90 bits per heavy atom. The number of anilines is 3. The average Bonchev–Trinajstić information content (AvgIpc) is 3.59. The minimum atomic E-state index is -4.28. The summed E-state index contributed by atoms with van der Waals surface area (Å²) >= 11 is 0. The molecule has 2 aromatic carbocycles. The molecule has 204 valence electrons. The fourth-order valence-electron chi connectivity index (χ4n) is 4.18. The Labute approximate surface area is 220 Å². The maximum absolute atomic E-state index is 14.3. The van der Waals surface area contributed by atoms with Gasteiger partial charge in [-0.05, 0) is 56.0 Å². The first-order valence-corrected chi connectivity index (χ1v) is 12.4. The molecule has 3 N–H and O–H groups in total. The van der Waals surface area contributed by atoms with Crippen LogP contribution in [0.3, 0.4) is 0 Å². The molecule has 0 aliphatic heterocycles. The number of aromatic nitrogens is 3. The van der Waals surface area contributed by atoms with Crippen LogP contribution in [0, 0.1) is 18.6 Å². The molecule has 0 radical (unpaired) electrons.